The Hall–Kier alpha value is -2.21. The number of anilines is 1. The topological polar surface area (TPSA) is 64.3 Å². The summed E-state index contributed by atoms with van der Waals surface area (Å²) in [7, 11) is 3.29. The molecule has 0 spiro atoms. The highest BCUT2D eigenvalue weighted by atomic mass is 19.1. The van der Waals surface area contributed by atoms with Crippen molar-refractivity contribution in [1.29, 1.82) is 0 Å². The third-order valence-electron chi connectivity index (χ3n) is 2.90. The van der Waals surface area contributed by atoms with E-state index in [9.17, 15) is 4.39 Å². The summed E-state index contributed by atoms with van der Waals surface area (Å²) in [6.45, 7) is 1.17. The summed E-state index contributed by atoms with van der Waals surface area (Å²) in [6, 6.07) is 6.47. The average molecular weight is 276 g/mol. The van der Waals surface area contributed by atoms with Gasteiger partial charge in [0.2, 0.25) is 5.95 Å². The van der Waals surface area contributed by atoms with Gasteiger partial charge in [0.25, 0.3) is 0 Å². The minimum atomic E-state index is -0.416. The maximum Gasteiger partial charge on any atom is 0.225 e. The van der Waals surface area contributed by atoms with E-state index in [2.05, 4.69) is 9.97 Å². The third-order valence-corrected chi connectivity index (χ3v) is 2.90. The van der Waals surface area contributed by atoms with Crippen LogP contribution >= 0.6 is 0 Å². The van der Waals surface area contributed by atoms with Crippen molar-refractivity contribution in [2.75, 3.05) is 32.1 Å². The van der Waals surface area contributed by atoms with E-state index in [-0.39, 0.29) is 5.75 Å². The van der Waals surface area contributed by atoms with Gasteiger partial charge in [-0.1, -0.05) is 0 Å². The van der Waals surface area contributed by atoms with Crippen LogP contribution in [0.25, 0.3) is 11.3 Å². The van der Waals surface area contributed by atoms with E-state index < -0.39 is 5.82 Å². The molecule has 0 amide bonds. The van der Waals surface area contributed by atoms with Crippen LogP contribution in [0.5, 0.6) is 5.75 Å². The number of benzene rings is 1. The van der Waals surface area contributed by atoms with Gasteiger partial charge in [0.15, 0.2) is 11.6 Å². The smallest absolute Gasteiger partial charge is 0.225 e. The number of likely N-dealkylation sites (N-methyl/N-ethyl adjacent to an activating group) is 1. The third kappa shape index (κ3) is 3.03. The molecule has 0 bridgehead atoms. The monoisotopic (exact) mass is 276 g/mol. The lowest BCUT2D eigenvalue weighted by atomic mass is 10.1. The second-order valence-electron chi connectivity index (χ2n) is 4.30. The Morgan fingerprint density at radius 2 is 2.15 bits per heavy atom. The molecule has 0 radical (unpaired) electrons. The van der Waals surface area contributed by atoms with Crippen LogP contribution in [-0.4, -0.2) is 37.2 Å². The number of methoxy groups -OCH3 is 1. The van der Waals surface area contributed by atoms with Gasteiger partial charge in [0, 0.05) is 31.9 Å². The number of nitrogens with two attached hydrogens (primary N) is 1. The van der Waals surface area contributed by atoms with E-state index in [1.165, 1.54) is 13.2 Å². The lowest BCUT2D eigenvalue weighted by Gasteiger charge is -2.16. The molecule has 2 rings (SSSR count). The zero-order valence-corrected chi connectivity index (χ0v) is 11.5. The van der Waals surface area contributed by atoms with E-state index in [1.54, 1.807) is 24.4 Å². The van der Waals surface area contributed by atoms with Gasteiger partial charge in [0.05, 0.1) is 12.8 Å². The molecule has 6 heteroatoms. The van der Waals surface area contributed by atoms with E-state index in [1.807, 2.05) is 11.9 Å². The Kier molecular flexibility index (Phi) is 4.47. The fraction of sp³-hybridized carbons (Fsp3) is 0.286. The molecule has 1 aromatic heterocycles. The Labute approximate surface area is 117 Å². The zero-order chi connectivity index (χ0) is 14.5. The van der Waals surface area contributed by atoms with E-state index in [0.29, 0.717) is 30.3 Å². The van der Waals surface area contributed by atoms with Crippen molar-refractivity contribution in [3.05, 3.63) is 36.3 Å². The maximum atomic E-state index is 13.7. The summed E-state index contributed by atoms with van der Waals surface area (Å²) >= 11 is 0. The number of aromatic nitrogens is 2. The molecule has 0 unspecified atom stereocenters. The van der Waals surface area contributed by atoms with Gasteiger partial charge in [-0.05, 0) is 24.3 Å². The fourth-order valence-electron chi connectivity index (χ4n) is 1.81. The molecule has 0 saturated heterocycles. The second kappa shape index (κ2) is 6.29. The summed E-state index contributed by atoms with van der Waals surface area (Å²) in [6.07, 6.45) is 1.65. The number of rotatable bonds is 5. The molecule has 0 aliphatic carbocycles. The predicted molar refractivity (Wildman–Crippen MR) is 76.3 cm³/mol. The van der Waals surface area contributed by atoms with Crippen LogP contribution in [0, 0.1) is 5.82 Å². The highest BCUT2D eigenvalue weighted by molar-refractivity contribution is 5.61. The molecule has 0 fully saturated rings. The molecule has 0 aliphatic rings. The summed E-state index contributed by atoms with van der Waals surface area (Å²) in [5.41, 5.74) is 6.83. The van der Waals surface area contributed by atoms with Crippen molar-refractivity contribution in [2.45, 2.75) is 0 Å². The van der Waals surface area contributed by atoms with Gasteiger partial charge in [-0.25, -0.2) is 14.4 Å². The highest BCUT2D eigenvalue weighted by Crippen LogP contribution is 2.24. The van der Waals surface area contributed by atoms with Gasteiger partial charge < -0.3 is 15.4 Å². The first-order valence-electron chi connectivity index (χ1n) is 6.24. The number of ether oxygens (including phenoxy) is 1. The van der Waals surface area contributed by atoms with Gasteiger partial charge in [-0.2, -0.15) is 0 Å². The fourth-order valence-corrected chi connectivity index (χ4v) is 1.81. The molecule has 0 atom stereocenters. The number of nitrogens with zero attached hydrogens (tertiary/aromatic N) is 3. The molecular weight excluding hydrogens is 259 g/mol. The predicted octanol–water partition coefficient (Wildman–Crippen LogP) is 1.69. The lowest BCUT2D eigenvalue weighted by Crippen LogP contribution is -2.26. The standard InChI is InChI=1S/C14H17FN4O/c1-19(8-6-16)14-17-7-5-12(18-14)10-3-4-13(20-2)11(15)9-10/h3-5,7,9H,6,8,16H2,1-2H3. The normalized spacial score (nSPS) is 10.4. The quantitative estimate of drug-likeness (QED) is 0.900. The molecule has 106 valence electrons. The minimum Gasteiger partial charge on any atom is -0.494 e. The summed E-state index contributed by atoms with van der Waals surface area (Å²) in [5.74, 6) is 0.355. The van der Waals surface area contributed by atoms with Crippen LogP contribution in [0.15, 0.2) is 30.5 Å². The van der Waals surface area contributed by atoms with Gasteiger partial charge >= 0.3 is 0 Å². The minimum absolute atomic E-state index is 0.211. The van der Waals surface area contributed by atoms with E-state index in [4.69, 9.17) is 10.5 Å². The molecular formula is C14H17FN4O. The van der Waals surface area contributed by atoms with Crippen LogP contribution in [0.1, 0.15) is 0 Å². The van der Waals surface area contributed by atoms with Gasteiger partial charge in [0.1, 0.15) is 0 Å². The van der Waals surface area contributed by atoms with Crippen LogP contribution < -0.4 is 15.4 Å². The van der Waals surface area contributed by atoms with Gasteiger partial charge in [-0.3, -0.25) is 0 Å². The molecule has 1 heterocycles. The second-order valence-corrected chi connectivity index (χ2v) is 4.30. The van der Waals surface area contributed by atoms with Crippen LogP contribution in [0.3, 0.4) is 0 Å². The van der Waals surface area contributed by atoms with Crippen molar-refractivity contribution < 1.29 is 9.13 Å². The average Bonchev–Trinajstić information content (AvgIpc) is 2.47. The lowest BCUT2D eigenvalue weighted by molar-refractivity contribution is 0.386. The summed E-state index contributed by atoms with van der Waals surface area (Å²) in [4.78, 5) is 10.4. The Bertz CT molecular complexity index is 591. The van der Waals surface area contributed by atoms with Gasteiger partial charge in [-0.15, -0.1) is 0 Å². The van der Waals surface area contributed by atoms with Crippen molar-refractivity contribution in [3.8, 4) is 17.0 Å². The number of hydrogen-bond acceptors (Lipinski definition) is 5. The summed E-state index contributed by atoms with van der Waals surface area (Å²) < 4.78 is 18.6. The Morgan fingerprint density at radius 3 is 2.80 bits per heavy atom. The largest absolute Gasteiger partial charge is 0.494 e. The van der Waals surface area contributed by atoms with Crippen LogP contribution in [0.2, 0.25) is 0 Å². The van der Waals surface area contributed by atoms with Crippen molar-refractivity contribution in [2.24, 2.45) is 5.73 Å². The first kappa shape index (κ1) is 14.2. The SMILES string of the molecule is COc1ccc(-c2ccnc(N(C)CCN)n2)cc1F. The molecule has 0 saturated carbocycles. The van der Waals surface area contributed by atoms with Crippen molar-refractivity contribution in [3.63, 3.8) is 0 Å². The van der Waals surface area contributed by atoms with Crippen LogP contribution in [0.4, 0.5) is 10.3 Å². The molecule has 2 N–H and O–H groups in total. The Balaban J connectivity index is 2.33. The Morgan fingerprint density at radius 1 is 1.35 bits per heavy atom. The first-order chi connectivity index (χ1) is 9.65. The molecule has 20 heavy (non-hydrogen) atoms. The number of halogens is 1. The molecule has 2 aromatic rings. The number of hydrogen-bond donors (Lipinski definition) is 1. The van der Waals surface area contributed by atoms with Crippen LogP contribution in [-0.2, 0) is 0 Å². The maximum absolute atomic E-state index is 13.7. The molecule has 0 aliphatic heterocycles. The first-order valence-corrected chi connectivity index (χ1v) is 6.24. The zero-order valence-electron chi connectivity index (χ0n) is 11.5. The highest BCUT2D eigenvalue weighted by Gasteiger charge is 2.09. The van der Waals surface area contributed by atoms with Crippen molar-refractivity contribution in [1.82, 2.24) is 9.97 Å². The van der Waals surface area contributed by atoms with Crippen molar-refractivity contribution >= 4 is 5.95 Å². The molecule has 1 aromatic carbocycles. The molecule has 5 nitrogen and oxygen atoms in total. The van der Waals surface area contributed by atoms with E-state index >= 15 is 0 Å². The summed E-state index contributed by atoms with van der Waals surface area (Å²) in [5, 5.41) is 0. The van der Waals surface area contributed by atoms with E-state index in [0.717, 1.165) is 0 Å².